The first-order valence-corrected chi connectivity index (χ1v) is 11.3. The number of carbonyl (C=O) groups is 2. The van der Waals surface area contributed by atoms with Gasteiger partial charge in [0.15, 0.2) is 0 Å². The number of amides is 2. The molecular formula is C27H26N4O4. The summed E-state index contributed by atoms with van der Waals surface area (Å²) in [6, 6.07) is 16.8. The number of methoxy groups -OCH3 is 2. The fraction of sp³-hybridized carbons (Fsp3) is 0.222. The number of aromatic nitrogens is 2. The minimum absolute atomic E-state index is 0.0870. The highest BCUT2D eigenvalue weighted by Gasteiger charge is 2.35. The van der Waals surface area contributed by atoms with E-state index in [9.17, 15) is 9.59 Å². The van der Waals surface area contributed by atoms with Crippen LogP contribution in [0.3, 0.4) is 0 Å². The minimum Gasteiger partial charge on any atom is -0.497 e. The normalized spacial score (nSPS) is 15.5. The van der Waals surface area contributed by atoms with E-state index in [0.29, 0.717) is 23.7 Å². The number of hydrogen-bond donors (Lipinski definition) is 1. The molecule has 1 aliphatic heterocycles. The molecule has 1 saturated heterocycles. The zero-order valence-corrected chi connectivity index (χ0v) is 19.8. The van der Waals surface area contributed by atoms with Crippen molar-refractivity contribution in [3.63, 3.8) is 0 Å². The van der Waals surface area contributed by atoms with Gasteiger partial charge in [-0.2, -0.15) is 0 Å². The molecule has 2 amide bonds. The maximum absolute atomic E-state index is 13.1. The monoisotopic (exact) mass is 470 g/mol. The number of fused-ring (bicyclic) bond motifs is 1. The SMILES string of the molecule is COc1ccc(N2CC(C(=O)Nc3cc(-c4cn5ccc(C)cc5n4)ccc3OC)CC2=O)cc1. The van der Waals surface area contributed by atoms with Crippen molar-refractivity contribution in [2.24, 2.45) is 5.92 Å². The molecule has 178 valence electrons. The molecule has 4 aromatic rings. The Morgan fingerprint density at radius 2 is 1.86 bits per heavy atom. The number of imidazole rings is 1. The van der Waals surface area contributed by atoms with Gasteiger partial charge in [0, 0.05) is 36.6 Å². The fourth-order valence-electron chi connectivity index (χ4n) is 4.32. The number of benzene rings is 2. The quantitative estimate of drug-likeness (QED) is 0.454. The molecule has 1 aliphatic rings. The summed E-state index contributed by atoms with van der Waals surface area (Å²) in [5.74, 6) is 0.461. The standard InChI is InChI=1S/C27H26N4O4/c1-17-10-11-30-16-23(28-25(30)12-17)18-4-9-24(35-3)22(13-18)29-27(33)19-14-26(32)31(15-19)20-5-7-21(34-2)8-6-20/h4-13,16,19H,14-15H2,1-3H3,(H,29,33). The van der Waals surface area contributed by atoms with E-state index in [1.807, 2.05) is 66.2 Å². The lowest BCUT2D eigenvalue weighted by atomic mass is 10.1. The van der Waals surface area contributed by atoms with Gasteiger partial charge in [0.25, 0.3) is 0 Å². The van der Waals surface area contributed by atoms with Crippen molar-refractivity contribution in [3.8, 4) is 22.8 Å². The zero-order valence-electron chi connectivity index (χ0n) is 19.8. The molecule has 1 unspecified atom stereocenters. The number of pyridine rings is 1. The number of hydrogen-bond acceptors (Lipinski definition) is 5. The third kappa shape index (κ3) is 4.42. The van der Waals surface area contributed by atoms with Crippen LogP contribution >= 0.6 is 0 Å². The number of carbonyl (C=O) groups excluding carboxylic acids is 2. The molecule has 0 aliphatic carbocycles. The molecule has 8 nitrogen and oxygen atoms in total. The van der Waals surface area contributed by atoms with Gasteiger partial charge in [-0.25, -0.2) is 4.98 Å². The van der Waals surface area contributed by atoms with Gasteiger partial charge < -0.3 is 24.1 Å². The summed E-state index contributed by atoms with van der Waals surface area (Å²) in [7, 11) is 3.15. The maximum Gasteiger partial charge on any atom is 0.229 e. The molecular weight excluding hydrogens is 444 g/mol. The Balaban J connectivity index is 1.36. The average Bonchev–Trinajstić information content (AvgIpc) is 3.47. The molecule has 0 bridgehead atoms. The Labute approximate surface area is 203 Å². The summed E-state index contributed by atoms with van der Waals surface area (Å²) in [5, 5.41) is 2.97. The average molecular weight is 471 g/mol. The van der Waals surface area contributed by atoms with Crippen LogP contribution in [-0.2, 0) is 9.59 Å². The first-order valence-electron chi connectivity index (χ1n) is 11.3. The fourth-order valence-corrected chi connectivity index (χ4v) is 4.32. The van der Waals surface area contributed by atoms with Gasteiger partial charge in [-0.1, -0.05) is 0 Å². The molecule has 1 fully saturated rings. The molecule has 35 heavy (non-hydrogen) atoms. The van der Waals surface area contributed by atoms with Crippen LogP contribution < -0.4 is 19.7 Å². The number of nitrogens with one attached hydrogen (secondary N) is 1. The van der Waals surface area contributed by atoms with Crippen LogP contribution in [0.2, 0.25) is 0 Å². The smallest absolute Gasteiger partial charge is 0.229 e. The topological polar surface area (TPSA) is 85.2 Å². The summed E-state index contributed by atoms with van der Waals surface area (Å²) in [5.41, 5.74) is 4.91. The van der Waals surface area contributed by atoms with Gasteiger partial charge in [0.2, 0.25) is 11.8 Å². The lowest BCUT2D eigenvalue weighted by Crippen LogP contribution is -2.28. The first kappa shape index (κ1) is 22.5. The second kappa shape index (κ2) is 9.13. The number of anilines is 2. The second-order valence-electron chi connectivity index (χ2n) is 8.60. The van der Waals surface area contributed by atoms with Crippen LogP contribution in [0.15, 0.2) is 67.0 Å². The molecule has 1 atom stereocenters. The van der Waals surface area contributed by atoms with Crippen LogP contribution in [-0.4, -0.2) is 42.0 Å². The van der Waals surface area contributed by atoms with E-state index in [-0.39, 0.29) is 18.2 Å². The molecule has 0 spiro atoms. The van der Waals surface area contributed by atoms with Gasteiger partial charge in [-0.15, -0.1) is 0 Å². The lowest BCUT2D eigenvalue weighted by Gasteiger charge is -2.17. The van der Waals surface area contributed by atoms with Crippen molar-refractivity contribution in [1.29, 1.82) is 0 Å². The highest BCUT2D eigenvalue weighted by atomic mass is 16.5. The van der Waals surface area contributed by atoms with Gasteiger partial charge in [-0.05, 0) is 67.1 Å². The molecule has 2 aromatic heterocycles. The predicted molar refractivity (Wildman–Crippen MR) is 134 cm³/mol. The predicted octanol–water partition coefficient (Wildman–Crippen LogP) is 4.32. The van der Waals surface area contributed by atoms with Crippen LogP contribution in [0.1, 0.15) is 12.0 Å². The summed E-state index contributed by atoms with van der Waals surface area (Å²) in [6.07, 6.45) is 4.06. The number of rotatable bonds is 6. The van der Waals surface area contributed by atoms with Crippen LogP contribution in [0.5, 0.6) is 11.5 Å². The van der Waals surface area contributed by atoms with E-state index in [1.54, 1.807) is 31.3 Å². The molecule has 2 aromatic carbocycles. The Hall–Kier alpha value is -4.33. The number of aryl methyl sites for hydroxylation is 1. The lowest BCUT2D eigenvalue weighted by molar-refractivity contribution is -0.122. The maximum atomic E-state index is 13.1. The molecule has 1 N–H and O–H groups in total. The summed E-state index contributed by atoms with van der Waals surface area (Å²) in [6.45, 7) is 2.34. The van der Waals surface area contributed by atoms with Crippen molar-refractivity contribution in [2.75, 3.05) is 31.0 Å². The van der Waals surface area contributed by atoms with E-state index in [0.717, 1.165) is 28.2 Å². The molecule has 0 saturated carbocycles. The Kier molecular flexibility index (Phi) is 5.86. The van der Waals surface area contributed by atoms with Gasteiger partial charge in [0.1, 0.15) is 17.1 Å². The third-order valence-electron chi connectivity index (χ3n) is 6.25. The largest absolute Gasteiger partial charge is 0.497 e. The van der Waals surface area contributed by atoms with E-state index in [4.69, 9.17) is 14.5 Å². The van der Waals surface area contributed by atoms with Crippen molar-refractivity contribution < 1.29 is 19.1 Å². The highest BCUT2D eigenvalue weighted by Crippen LogP contribution is 2.32. The van der Waals surface area contributed by atoms with Crippen LogP contribution in [0, 0.1) is 12.8 Å². The Bertz CT molecular complexity index is 1410. The van der Waals surface area contributed by atoms with Gasteiger partial charge in [-0.3, -0.25) is 9.59 Å². The third-order valence-corrected chi connectivity index (χ3v) is 6.25. The molecule has 3 heterocycles. The van der Waals surface area contributed by atoms with E-state index in [1.165, 1.54) is 0 Å². The zero-order chi connectivity index (χ0) is 24.5. The van der Waals surface area contributed by atoms with E-state index in [2.05, 4.69) is 5.32 Å². The first-order chi connectivity index (χ1) is 16.9. The van der Waals surface area contributed by atoms with E-state index >= 15 is 0 Å². The van der Waals surface area contributed by atoms with E-state index < -0.39 is 5.92 Å². The van der Waals surface area contributed by atoms with Gasteiger partial charge >= 0.3 is 0 Å². The van der Waals surface area contributed by atoms with Crippen LogP contribution in [0.25, 0.3) is 16.9 Å². The Morgan fingerprint density at radius 3 is 2.60 bits per heavy atom. The van der Waals surface area contributed by atoms with Crippen molar-refractivity contribution in [1.82, 2.24) is 9.38 Å². The number of ether oxygens (including phenoxy) is 2. The molecule has 5 rings (SSSR count). The van der Waals surface area contributed by atoms with Crippen LogP contribution in [0.4, 0.5) is 11.4 Å². The minimum atomic E-state index is -0.476. The Morgan fingerprint density at radius 1 is 1.06 bits per heavy atom. The molecule has 8 heteroatoms. The summed E-state index contributed by atoms with van der Waals surface area (Å²) < 4.78 is 12.6. The second-order valence-corrected chi connectivity index (χ2v) is 8.60. The molecule has 0 radical (unpaired) electrons. The summed E-state index contributed by atoms with van der Waals surface area (Å²) >= 11 is 0. The van der Waals surface area contributed by atoms with Crippen molar-refractivity contribution in [3.05, 3.63) is 72.6 Å². The highest BCUT2D eigenvalue weighted by molar-refractivity contribution is 6.04. The summed E-state index contributed by atoms with van der Waals surface area (Å²) in [4.78, 5) is 32.1. The van der Waals surface area contributed by atoms with Crippen molar-refractivity contribution in [2.45, 2.75) is 13.3 Å². The number of nitrogens with zero attached hydrogens (tertiary/aromatic N) is 3. The van der Waals surface area contributed by atoms with Crippen molar-refractivity contribution >= 4 is 28.8 Å². The van der Waals surface area contributed by atoms with Gasteiger partial charge in [0.05, 0.1) is 31.5 Å².